The minimum Gasteiger partial charge on any atom is -0.394 e. The van der Waals surface area contributed by atoms with Gasteiger partial charge in [-0.25, -0.2) is 0 Å². The van der Waals surface area contributed by atoms with Crippen molar-refractivity contribution >= 4 is 0 Å². The summed E-state index contributed by atoms with van der Waals surface area (Å²) in [5, 5.41) is 12.4. The third-order valence-electron chi connectivity index (χ3n) is 2.18. The highest BCUT2D eigenvalue weighted by Crippen LogP contribution is 2.17. The predicted octanol–water partition coefficient (Wildman–Crippen LogP) is 0.137. The third kappa shape index (κ3) is 2.15. The standard InChI is InChI=1S/C8H17NO2/c1-2-9-8(6-10)4-3-5-11-7-8/h9-10H,2-7H2,1H3. The van der Waals surface area contributed by atoms with Crippen molar-refractivity contribution in [3.05, 3.63) is 0 Å². The second kappa shape index (κ2) is 4.04. The average molecular weight is 159 g/mol. The van der Waals surface area contributed by atoms with Gasteiger partial charge in [-0.05, 0) is 19.4 Å². The molecule has 1 aliphatic heterocycles. The Morgan fingerprint density at radius 3 is 2.91 bits per heavy atom. The number of aliphatic hydroxyl groups is 1. The lowest BCUT2D eigenvalue weighted by atomic mass is 9.93. The second-order valence-electron chi connectivity index (χ2n) is 3.12. The van der Waals surface area contributed by atoms with Gasteiger partial charge in [0.15, 0.2) is 0 Å². The van der Waals surface area contributed by atoms with Crippen LogP contribution >= 0.6 is 0 Å². The summed E-state index contributed by atoms with van der Waals surface area (Å²) >= 11 is 0. The third-order valence-corrected chi connectivity index (χ3v) is 2.18. The van der Waals surface area contributed by atoms with Crippen molar-refractivity contribution in [1.29, 1.82) is 0 Å². The van der Waals surface area contributed by atoms with Gasteiger partial charge in [-0.2, -0.15) is 0 Å². The lowest BCUT2D eigenvalue weighted by Gasteiger charge is -2.35. The summed E-state index contributed by atoms with van der Waals surface area (Å²) in [7, 11) is 0. The van der Waals surface area contributed by atoms with E-state index in [0.717, 1.165) is 26.0 Å². The molecule has 3 nitrogen and oxygen atoms in total. The molecule has 1 unspecified atom stereocenters. The molecule has 3 heteroatoms. The van der Waals surface area contributed by atoms with Crippen LogP contribution in [0, 0.1) is 0 Å². The van der Waals surface area contributed by atoms with Gasteiger partial charge < -0.3 is 15.2 Å². The second-order valence-corrected chi connectivity index (χ2v) is 3.12. The zero-order valence-corrected chi connectivity index (χ0v) is 7.10. The van der Waals surface area contributed by atoms with Gasteiger partial charge in [0.1, 0.15) is 0 Å². The molecule has 0 aliphatic carbocycles. The van der Waals surface area contributed by atoms with Crippen LogP contribution in [0.1, 0.15) is 19.8 Å². The molecule has 0 aromatic carbocycles. The van der Waals surface area contributed by atoms with E-state index in [2.05, 4.69) is 5.32 Å². The highest BCUT2D eigenvalue weighted by atomic mass is 16.5. The molecule has 1 fully saturated rings. The van der Waals surface area contributed by atoms with Crippen molar-refractivity contribution in [2.45, 2.75) is 25.3 Å². The summed E-state index contributed by atoms with van der Waals surface area (Å²) in [6.45, 7) is 4.61. The molecule has 1 aliphatic rings. The Morgan fingerprint density at radius 1 is 1.64 bits per heavy atom. The molecule has 0 aromatic rings. The quantitative estimate of drug-likeness (QED) is 0.615. The van der Waals surface area contributed by atoms with Gasteiger partial charge in [0.05, 0.1) is 18.8 Å². The molecular weight excluding hydrogens is 142 g/mol. The summed E-state index contributed by atoms with van der Waals surface area (Å²) in [5.74, 6) is 0. The van der Waals surface area contributed by atoms with E-state index >= 15 is 0 Å². The van der Waals surface area contributed by atoms with Crippen molar-refractivity contribution in [2.24, 2.45) is 0 Å². The first kappa shape index (κ1) is 8.97. The van der Waals surface area contributed by atoms with Crippen molar-refractivity contribution in [3.63, 3.8) is 0 Å². The van der Waals surface area contributed by atoms with Crippen LogP contribution in [0.5, 0.6) is 0 Å². The fourth-order valence-electron chi connectivity index (χ4n) is 1.55. The van der Waals surface area contributed by atoms with Gasteiger partial charge in [-0.1, -0.05) is 6.92 Å². The molecule has 11 heavy (non-hydrogen) atoms. The highest BCUT2D eigenvalue weighted by Gasteiger charge is 2.30. The first-order valence-electron chi connectivity index (χ1n) is 4.26. The summed E-state index contributed by atoms with van der Waals surface area (Å²) in [6, 6.07) is 0. The SMILES string of the molecule is CCNC1(CO)CCCOC1. The van der Waals surface area contributed by atoms with Crippen LogP contribution in [0.4, 0.5) is 0 Å². The van der Waals surface area contributed by atoms with Gasteiger partial charge in [0.25, 0.3) is 0 Å². The van der Waals surface area contributed by atoms with Crippen LogP contribution in [0.25, 0.3) is 0 Å². The van der Waals surface area contributed by atoms with Crippen LogP contribution in [-0.4, -0.2) is 37.0 Å². The van der Waals surface area contributed by atoms with Crippen LogP contribution in [-0.2, 0) is 4.74 Å². The number of aliphatic hydroxyl groups excluding tert-OH is 1. The van der Waals surface area contributed by atoms with Crippen LogP contribution in [0.2, 0.25) is 0 Å². The summed E-state index contributed by atoms with van der Waals surface area (Å²) in [4.78, 5) is 0. The summed E-state index contributed by atoms with van der Waals surface area (Å²) in [6.07, 6.45) is 2.07. The molecule has 1 heterocycles. The molecule has 0 bridgehead atoms. The highest BCUT2D eigenvalue weighted by molar-refractivity contribution is 4.88. The number of likely N-dealkylation sites (N-methyl/N-ethyl adjacent to an activating group) is 1. The predicted molar refractivity (Wildman–Crippen MR) is 43.5 cm³/mol. The lowest BCUT2D eigenvalue weighted by molar-refractivity contribution is -0.00633. The number of rotatable bonds is 3. The molecule has 0 aromatic heterocycles. The largest absolute Gasteiger partial charge is 0.394 e. The normalized spacial score (nSPS) is 32.2. The van der Waals surface area contributed by atoms with E-state index in [1.165, 1.54) is 0 Å². The fraction of sp³-hybridized carbons (Fsp3) is 1.00. The fourth-order valence-corrected chi connectivity index (χ4v) is 1.55. The van der Waals surface area contributed by atoms with E-state index < -0.39 is 0 Å². The molecular formula is C8H17NO2. The zero-order valence-electron chi connectivity index (χ0n) is 7.10. The molecule has 0 radical (unpaired) electrons. The van der Waals surface area contributed by atoms with Gasteiger partial charge in [-0.3, -0.25) is 0 Å². The van der Waals surface area contributed by atoms with E-state index in [1.54, 1.807) is 0 Å². The Hall–Kier alpha value is -0.120. The minimum absolute atomic E-state index is 0.146. The Bertz CT molecular complexity index is 105. The van der Waals surface area contributed by atoms with E-state index in [-0.39, 0.29) is 12.1 Å². The van der Waals surface area contributed by atoms with Crippen LogP contribution < -0.4 is 5.32 Å². The molecule has 66 valence electrons. The molecule has 2 N–H and O–H groups in total. The van der Waals surface area contributed by atoms with Gasteiger partial charge in [0, 0.05) is 6.61 Å². The number of nitrogens with one attached hydrogen (secondary N) is 1. The van der Waals surface area contributed by atoms with E-state index in [0.29, 0.717) is 6.61 Å². The smallest absolute Gasteiger partial charge is 0.0670 e. The van der Waals surface area contributed by atoms with Crippen LogP contribution in [0.15, 0.2) is 0 Å². The molecule has 0 amide bonds. The summed E-state index contributed by atoms with van der Waals surface area (Å²) < 4.78 is 5.31. The first-order valence-corrected chi connectivity index (χ1v) is 4.26. The Kier molecular flexibility index (Phi) is 3.30. The maximum absolute atomic E-state index is 9.13. The van der Waals surface area contributed by atoms with Gasteiger partial charge in [0.2, 0.25) is 0 Å². The average Bonchev–Trinajstić information content (AvgIpc) is 2.07. The van der Waals surface area contributed by atoms with Crippen molar-refractivity contribution in [2.75, 3.05) is 26.4 Å². The van der Waals surface area contributed by atoms with Gasteiger partial charge >= 0.3 is 0 Å². The van der Waals surface area contributed by atoms with Gasteiger partial charge in [-0.15, -0.1) is 0 Å². The summed E-state index contributed by atoms with van der Waals surface area (Å²) in [5.41, 5.74) is -0.146. The Labute approximate surface area is 67.7 Å². The van der Waals surface area contributed by atoms with Crippen molar-refractivity contribution in [1.82, 2.24) is 5.32 Å². The van der Waals surface area contributed by atoms with Crippen LogP contribution in [0.3, 0.4) is 0 Å². The monoisotopic (exact) mass is 159 g/mol. The molecule has 1 saturated heterocycles. The first-order chi connectivity index (χ1) is 5.33. The Balaban J connectivity index is 2.42. The molecule has 0 spiro atoms. The van der Waals surface area contributed by atoms with E-state index in [9.17, 15) is 0 Å². The lowest BCUT2D eigenvalue weighted by Crippen LogP contribution is -2.54. The molecule has 0 saturated carbocycles. The molecule has 1 rings (SSSR count). The number of hydrogen-bond acceptors (Lipinski definition) is 3. The maximum atomic E-state index is 9.13. The van der Waals surface area contributed by atoms with Crippen molar-refractivity contribution in [3.8, 4) is 0 Å². The van der Waals surface area contributed by atoms with Crippen molar-refractivity contribution < 1.29 is 9.84 Å². The number of hydrogen-bond donors (Lipinski definition) is 2. The van der Waals surface area contributed by atoms with E-state index in [1.807, 2.05) is 6.92 Å². The zero-order chi connectivity index (χ0) is 8.16. The topological polar surface area (TPSA) is 41.5 Å². The maximum Gasteiger partial charge on any atom is 0.0670 e. The molecule has 1 atom stereocenters. The number of ether oxygens (including phenoxy) is 1. The van der Waals surface area contributed by atoms with E-state index in [4.69, 9.17) is 9.84 Å². The minimum atomic E-state index is -0.146. The Morgan fingerprint density at radius 2 is 2.45 bits per heavy atom.